The van der Waals surface area contributed by atoms with E-state index in [1.165, 1.54) is 23.5 Å². The van der Waals surface area contributed by atoms with Gasteiger partial charge < -0.3 is 20.2 Å². The van der Waals surface area contributed by atoms with Crippen LogP contribution in [0.25, 0.3) is 11.3 Å². The molecule has 3 aromatic heterocycles. The molecule has 0 radical (unpaired) electrons. The molecule has 0 atom stereocenters. The van der Waals surface area contributed by atoms with Crippen molar-refractivity contribution in [1.29, 1.82) is 5.26 Å². The van der Waals surface area contributed by atoms with E-state index in [9.17, 15) is 23.7 Å². The molecule has 1 amide bonds. The van der Waals surface area contributed by atoms with E-state index in [0.29, 0.717) is 47.7 Å². The summed E-state index contributed by atoms with van der Waals surface area (Å²) in [6.45, 7) is 0.768. The number of nitrogens with one attached hydrogen (secondary N) is 1. The first-order valence-electron chi connectivity index (χ1n) is 13.8. The Morgan fingerprint density at radius 2 is 1.87 bits per heavy atom. The van der Waals surface area contributed by atoms with Crippen molar-refractivity contribution in [3.63, 3.8) is 0 Å². The third-order valence-corrected chi connectivity index (χ3v) is 10.2. The smallest absolute Gasteiger partial charge is 0.415 e. The lowest BCUT2D eigenvalue weighted by Crippen LogP contribution is -2.39. The molecule has 0 unspecified atom stereocenters. The van der Waals surface area contributed by atoms with Crippen molar-refractivity contribution in [2.24, 2.45) is 0 Å². The fourth-order valence-electron chi connectivity index (χ4n) is 4.77. The maximum Gasteiger partial charge on any atom is 0.415 e. The number of anilines is 2. The number of hydrogen-bond donors (Lipinski definition) is 1. The molecule has 1 N–H and O–H groups in total. The van der Waals surface area contributed by atoms with Gasteiger partial charge in [-0.25, -0.2) is 23.4 Å². The van der Waals surface area contributed by atoms with Gasteiger partial charge in [-0.15, -0.1) is 11.3 Å². The maximum atomic E-state index is 13.2. The van der Waals surface area contributed by atoms with E-state index in [-0.39, 0.29) is 27.0 Å². The summed E-state index contributed by atoms with van der Waals surface area (Å²) in [7, 11) is -4.26. The number of rotatable bonds is 10. The van der Waals surface area contributed by atoms with Gasteiger partial charge in [0.1, 0.15) is 17.7 Å². The highest BCUT2D eigenvalue weighted by Crippen LogP contribution is 2.33. The van der Waals surface area contributed by atoms with Crippen molar-refractivity contribution in [2.75, 3.05) is 29.1 Å². The number of carbonyl (C=O) groups excluding carboxylic acids is 1. The zero-order valence-electron chi connectivity index (χ0n) is 23.8. The molecule has 1 fully saturated rings. The van der Waals surface area contributed by atoms with E-state index in [1.54, 1.807) is 29.8 Å². The minimum atomic E-state index is -4.26. The molecule has 2 aromatic carbocycles. The first-order chi connectivity index (χ1) is 22.3. The molecule has 4 heterocycles. The molecule has 0 saturated carbocycles. The van der Waals surface area contributed by atoms with Gasteiger partial charge in [-0.2, -0.15) is 5.26 Å². The number of nitrogens with zero attached hydrogens (tertiary/aromatic N) is 7. The molecular weight excluding hydrogens is 653 g/mol. The van der Waals surface area contributed by atoms with Crippen LogP contribution in [0.2, 0.25) is 0 Å². The summed E-state index contributed by atoms with van der Waals surface area (Å²) in [6, 6.07) is 19.0. The largest absolute Gasteiger partial charge is 0.451 e. The van der Waals surface area contributed by atoms with Gasteiger partial charge in [0.25, 0.3) is 9.84 Å². The molecule has 17 heteroatoms. The van der Waals surface area contributed by atoms with Gasteiger partial charge in [-0.05, 0) is 17.0 Å². The van der Waals surface area contributed by atoms with Crippen LogP contribution in [0.5, 0.6) is 5.88 Å². The summed E-state index contributed by atoms with van der Waals surface area (Å²) >= 11 is 2.45. The van der Waals surface area contributed by atoms with E-state index < -0.39 is 26.8 Å². The first-order valence-corrected chi connectivity index (χ1v) is 17.2. The third-order valence-electron chi connectivity index (χ3n) is 6.91. The lowest BCUT2D eigenvalue weighted by molar-refractivity contribution is -0.832. The van der Waals surface area contributed by atoms with Crippen LogP contribution in [-0.4, -0.2) is 59.4 Å². The Bertz CT molecular complexity index is 1980. The van der Waals surface area contributed by atoms with Gasteiger partial charge in [0, 0.05) is 43.1 Å². The van der Waals surface area contributed by atoms with Gasteiger partial charge >= 0.3 is 10.9 Å². The van der Waals surface area contributed by atoms with Crippen molar-refractivity contribution >= 4 is 49.8 Å². The zero-order chi connectivity index (χ0) is 32.1. The summed E-state index contributed by atoms with van der Waals surface area (Å²) in [5.74, 6) is -0.253. The van der Waals surface area contributed by atoms with Crippen molar-refractivity contribution in [3.8, 4) is 23.2 Å². The quantitative estimate of drug-likeness (QED) is 0.128. The third kappa shape index (κ3) is 6.63. The number of amides is 1. The van der Waals surface area contributed by atoms with Gasteiger partial charge in [0.05, 0.1) is 21.5 Å². The number of carbonyl (C=O) groups is 1. The molecule has 1 aliphatic rings. The molecule has 14 nitrogen and oxygen atoms in total. The predicted molar refractivity (Wildman–Crippen MR) is 167 cm³/mol. The summed E-state index contributed by atoms with van der Waals surface area (Å²) in [5, 5.41) is 30.7. The number of thiazole rings is 1. The number of nitriles is 1. The van der Waals surface area contributed by atoms with Gasteiger partial charge in [-0.1, -0.05) is 60.3 Å². The number of hydrogen-bond acceptors (Lipinski definition) is 14. The lowest BCUT2D eigenvalue weighted by Gasteiger charge is -2.32. The Balaban J connectivity index is 1.21. The van der Waals surface area contributed by atoms with E-state index in [0.717, 1.165) is 17.3 Å². The van der Waals surface area contributed by atoms with E-state index in [1.807, 2.05) is 35.2 Å². The Morgan fingerprint density at radius 3 is 2.54 bits per heavy atom. The first kappa shape index (κ1) is 31.0. The number of aromatic nitrogens is 5. The highest BCUT2D eigenvalue weighted by Gasteiger charge is 2.38. The molecule has 46 heavy (non-hydrogen) atoms. The minimum absolute atomic E-state index is 0.0285. The molecule has 234 valence electrons. The fraction of sp³-hybridized carbons (Fsp3) is 0.207. The number of sulfone groups is 1. The molecule has 1 aliphatic heterocycles. The van der Waals surface area contributed by atoms with E-state index in [4.69, 9.17) is 4.74 Å². The molecule has 5 aromatic rings. The van der Waals surface area contributed by atoms with Crippen LogP contribution >= 0.6 is 23.1 Å². The highest BCUT2D eigenvalue weighted by molar-refractivity contribution is 7.99. The fourth-order valence-corrected chi connectivity index (χ4v) is 7.24. The molecular formula is C29H24N8O6S3. The maximum absolute atomic E-state index is 13.2. The van der Waals surface area contributed by atoms with Crippen LogP contribution in [-0.2, 0) is 14.6 Å². The Morgan fingerprint density at radius 1 is 1.15 bits per heavy atom. The zero-order valence-corrected chi connectivity index (χ0v) is 26.3. The topological polar surface area (TPSA) is 191 Å². The lowest BCUT2D eigenvalue weighted by atomic mass is 10.0. The van der Waals surface area contributed by atoms with Gasteiger partial charge in [0.2, 0.25) is 5.91 Å². The van der Waals surface area contributed by atoms with E-state index >= 15 is 0 Å². The molecule has 0 aliphatic carbocycles. The predicted octanol–water partition coefficient (Wildman–Crippen LogP) is 3.70. The molecule has 6 rings (SSSR count). The number of piperidine rings is 1. The molecule has 0 spiro atoms. The number of thioether (sulfide) groups is 1. The van der Waals surface area contributed by atoms with Crippen molar-refractivity contribution in [3.05, 3.63) is 83.0 Å². The highest BCUT2D eigenvalue weighted by atomic mass is 32.2. The SMILES string of the molecule is N#Cc1c(-c2ccccc2)nc(SCC(=O)Nc2nccs2)nc1N1CCC(Oc2no[n+]([O-])c2S(=O)(=O)c2ccccc2)CC1. The van der Waals surface area contributed by atoms with Crippen LogP contribution in [0.4, 0.5) is 10.9 Å². The van der Waals surface area contributed by atoms with Crippen molar-refractivity contribution in [2.45, 2.75) is 34.0 Å². The second kappa shape index (κ2) is 13.5. The van der Waals surface area contributed by atoms with Crippen LogP contribution in [0, 0.1) is 16.5 Å². The second-order valence-corrected chi connectivity index (χ2v) is 13.6. The minimum Gasteiger partial charge on any atom is -0.451 e. The monoisotopic (exact) mass is 676 g/mol. The Hall–Kier alpha value is -5.05. The summed E-state index contributed by atoms with van der Waals surface area (Å²) in [5.41, 5.74) is 1.44. The normalized spacial score (nSPS) is 13.7. The van der Waals surface area contributed by atoms with Crippen molar-refractivity contribution in [1.82, 2.24) is 20.1 Å². The second-order valence-electron chi connectivity index (χ2n) is 9.87. The summed E-state index contributed by atoms with van der Waals surface area (Å²) in [4.78, 5) is 27.6. The number of ether oxygens (including phenoxy) is 1. The number of benzene rings is 2. The molecule has 1 saturated heterocycles. The average molecular weight is 677 g/mol. The van der Waals surface area contributed by atoms with Crippen LogP contribution in [0.15, 0.2) is 91.9 Å². The summed E-state index contributed by atoms with van der Waals surface area (Å²) < 4.78 is 36.8. The van der Waals surface area contributed by atoms with Crippen LogP contribution in [0.3, 0.4) is 0 Å². The molecule has 0 bridgehead atoms. The standard InChI is InChI=1S/C29H24N8O6S3/c30-17-22-24(19-7-3-1-4-8-19)33-29(45-18-23(38)32-28-31-13-16-44-28)34-25(22)36-14-11-20(12-15-36)42-26-27(37(39)43-35-26)46(40,41)21-9-5-2-6-10-21/h1-10,13,16,20H,11-12,14-15,18H2,(H,31,32,38). The average Bonchev–Trinajstić information content (AvgIpc) is 3.74. The Labute approximate surface area is 271 Å². The Kier molecular flexibility index (Phi) is 9.10. The van der Waals surface area contributed by atoms with Gasteiger partial charge in [0.15, 0.2) is 16.1 Å². The van der Waals surface area contributed by atoms with Crippen LogP contribution < -0.4 is 19.9 Å². The van der Waals surface area contributed by atoms with E-state index in [2.05, 4.69) is 36.1 Å². The van der Waals surface area contributed by atoms with Gasteiger partial charge in [-0.3, -0.25) is 9.42 Å². The summed E-state index contributed by atoms with van der Waals surface area (Å²) in [6.07, 6.45) is 1.88. The van der Waals surface area contributed by atoms with Crippen LogP contribution in [0.1, 0.15) is 18.4 Å². The van der Waals surface area contributed by atoms with Crippen molar-refractivity contribution < 1.29 is 27.5 Å².